The SMILES string of the molecule is CCC(=O)c1cccc(-c2sccc2Br)c1. The predicted octanol–water partition coefficient (Wildman–Crippen LogP) is 4.77. The van der Waals surface area contributed by atoms with E-state index in [1.807, 2.05) is 42.6 Å². The lowest BCUT2D eigenvalue weighted by atomic mass is 10.1. The molecule has 0 saturated heterocycles. The number of Topliss-reactive ketones (excluding diaryl/α,β-unsaturated/α-hetero) is 1. The summed E-state index contributed by atoms with van der Waals surface area (Å²) in [6, 6.07) is 9.82. The van der Waals surface area contributed by atoms with Crippen LogP contribution in [0.4, 0.5) is 0 Å². The van der Waals surface area contributed by atoms with Crippen LogP contribution in [-0.4, -0.2) is 5.78 Å². The number of benzene rings is 1. The fraction of sp³-hybridized carbons (Fsp3) is 0.154. The number of ketones is 1. The minimum atomic E-state index is 0.189. The Morgan fingerprint density at radius 3 is 2.81 bits per heavy atom. The number of halogens is 1. The van der Waals surface area contributed by atoms with Crippen LogP contribution >= 0.6 is 27.3 Å². The second kappa shape index (κ2) is 4.93. The summed E-state index contributed by atoms with van der Waals surface area (Å²) in [5.74, 6) is 0.189. The van der Waals surface area contributed by atoms with Crippen molar-refractivity contribution in [2.75, 3.05) is 0 Å². The Kier molecular flexibility index (Phi) is 3.56. The lowest BCUT2D eigenvalue weighted by Crippen LogP contribution is -1.95. The van der Waals surface area contributed by atoms with E-state index < -0.39 is 0 Å². The second-order valence-corrected chi connectivity index (χ2v) is 5.23. The Hall–Kier alpha value is -0.930. The zero-order chi connectivity index (χ0) is 11.5. The topological polar surface area (TPSA) is 17.1 Å². The zero-order valence-corrected chi connectivity index (χ0v) is 11.3. The highest BCUT2D eigenvalue weighted by atomic mass is 79.9. The molecule has 0 aliphatic rings. The smallest absolute Gasteiger partial charge is 0.162 e. The number of thiophene rings is 1. The lowest BCUT2D eigenvalue weighted by molar-refractivity contribution is 0.0988. The van der Waals surface area contributed by atoms with E-state index in [4.69, 9.17) is 0 Å². The standard InChI is InChI=1S/C13H11BrOS/c1-2-12(15)9-4-3-5-10(8-9)13-11(14)6-7-16-13/h3-8H,2H2,1H3. The number of carbonyl (C=O) groups excluding carboxylic acids is 1. The molecule has 1 aromatic carbocycles. The van der Waals surface area contributed by atoms with E-state index in [2.05, 4.69) is 15.9 Å². The highest BCUT2D eigenvalue weighted by Crippen LogP contribution is 2.33. The van der Waals surface area contributed by atoms with E-state index in [1.165, 1.54) is 4.88 Å². The summed E-state index contributed by atoms with van der Waals surface area (Å²) in [5, 5.41) is 2.04. The minimum absolute atomic E-state index is 0.189. The Bertz CT molecular complexity index is 516. The first-order chi connectivity index (χ1) is 7.72. The third-order valence-electron chi connectivity index (χ3n) is 2.39. The fourth-order valence-corrected chi connectivity index (χ4v) is 3.14. The van der Waals surface area contributed by atoms with Gasteiger partial charge in [-0.15, -0.1) is 11.3 Å². The van der Waals surface area contributed by atoms with Gasteiger partial charge in [-0.2, -0.15) is 0 Å². The average molecular weight is 295 g/mol. The van der Waals surface area contributed by atoms with E-state index in [0.717, 1.165) is 15.6 Å². The summed E-state index contributed by atoms with van der Waals surface area (Å²) >= 11 is 5.18. The Morgan fingerprint density at radius 1 is 1.38 bits per heavy atom. The van der Waals surface area contributed by atoms with E-state index >= 15 is 0 Å². The van der Waals surface area contributed by atoms with Gasteiger partial charge in [0, 0.05) is 21.3 Å². The molecule has 0 aliphatic carbocycles. The molecule has 3 heteroatoms. The van der Waals surface area contributed by atoms with Crippen molar-refractivity contribution < 1.29 is 4.79 Å². The third-order valence-corrected chi connectivity index (χ3v) is 4.27. The van der Waals surface area contributed by atoms with Gasteiger partial charge in [-0.25, -0.2) is 0 Å². The Morgan fingerprint density at radius 2 is 2.19 bits per heavy atom. The number of hydrogen-bond donors (Lipinski definition) is 0. The summed E-state index contributed by atoms with van der Waals surface area (Å²) in [5.41, 5.74) is 1.89. The highest BCUT2D eigenvalue weighted by Gasteiger charge is 2.08. The summed E-state index contributed by atoms with van der Waals surface area (Å²) in [6.45, 7) is 1.88. The molecule has 0 spiro atoms. The van der Waals surface area contributed by atoms with Gasteiger partial charge in [-0.1, -0.05) is 25.1 Å². The van der Waals surface area contributed by atoms with E-state index in [0.29, 0.717) is 6.42 Å². The zero-order valence-electron chi connectivity index (χ0n) is 8.87. The molecule has 0 amide bonds. The third kappa shape index (κ3) is 2.25. The monoisotopic (exact) mass is 294 g/mol. The second-order valence-electron chi connectivity index (χ2n) is 3.46. The first-order valence-electron chi connectivity index (χ1n) is 5.09. The van der Waals surface area contributed by atoms with Crippen molar-refractivity contribution in [1.82, 2.24) is 0 Å². The van der Waals surface area contributed by atoms with Crippen molar-refractivity contribution in [1.29, 1.82) is 0 Å². The summed E-state index contributed by atoms with van der Waals surface area (Å²) in [7, 11) is 0. The van der Waals surface area contributed by atoms with Crippen LogP contribution < -0.4 is 0 Å². The molecule has 0 unspecified atom stereocenters. The van der Waals surface area contributed by atoms with Gasteiger partial charge in [0.15, 0.2) is 5.78 Å². The van der Waals surface area contributed by atoms with Gasteiger partial charge in [0.2, 0.25) is 0 Å². The van der Waals surface area contributed by atoms with E-state index in [1.54, 1.807) is 11.3 Å². The van der Waals surface area contributed by atoms with Crippen molar-refractivity contribution in [2.24, 2.45) is 0 Å². The molecule has 82 valence electrons. The average Bonchev–Trinajstić information content (AvgIpc) is 2.74. The molecule has 0 saturated carbocycles. The molecule has 0 radical (unpaired) electrons. The van der Waals surface area contributed by atoms with Crippen molar-refractivity contribution in [3.63, 3.8) is 0 Å². The molecule has 1 heterocycles. The maximum absolute atomic E-state index is 11.6. The predicted molar refractivity (Wildman–Crippen MR) is 72.1 cm³/mol. The van der Waals surface area contributed by atoms with E-state index in [9.17, 15) is 4.79 Å². The first-order valence-corrected chi connectivity index (χ1v) is 6.76. The molecule has 2 aromatic rings. The van der Waals surface area contributed by atoms with Crippen LogP contribution in [0.3, 0.4) is 0 Å². The lowest BCUT2D eigenvalue weighted by Gasteiger charge is -2.02. The quantitative estimate of drug-likeness (QED) is 0.745. The van der Waals surface area contributed by atoms with Gasteiger partial charge >= 0.3 is 0 Å². The summed E-state index contributed by atoms with van der Waals surface area (Å²) < 4.78 is 1.08. The van der Waals surface area contributed by atoms with Crippen LogP contribution in [-0.2, 0) is 0 Å². The largest absolute Gasteiger partial charge is 0.294 e. The van der Waals surface area contributed by atoms with Crippen molar-refractivity contribution in [2.45, 2.75) is 13.3 Å². The van der Waals surface area contributed by atoms with Crippen LogP contribution in [0.2, 0.25) is 0 Å². The summed E-state index contributed by atoms with van der Waals surface area (Å²) in [4.78, 5) is 12.8. The number of carbonyl (C=O) groups is 1. The molecule has 1 aromatic heterocycles. The van der Waals surface area contributed by atoms with Crippen LogP contribution in [0.5, 0.6) is 0 Å². The fourth-order valence-electron chi connectivity index (χ4n) is 1.54. The van der Waals surface area contributed by atoms with Crippen LogP contribution in [0.15, 0.2) is 40.2 Å². The van der Waals surface area contributed by atoms with Crippen LogP contribution in [0.25, 0.3) is 10.4 Å². The molecule has 0 fully saturated rings. The Labute approximate surface area is 107 Å². The van der Waals surface area contributed by atoms with Gasteiger partial charge in [0.1, 0.15) is 0 Å². The minimum Gasteiger partial charge on any atom is -0.294 e. The maximum Gasteiger partial charge on any atom is 0.162 e. The molecule has 2 rings (SSSR count). The van der Waals surface area contributed by atoms with Gasteiger partial charge < -0.3 is 0 Å². The maximum atomic E-state index is 11.6. The van der Waals surface area contributed by atoms with Gasteiger partial charge in [0.05, 0.1) is 0 Å². The van der Waals surface area contributed by atoms with Crippen LogP contribution in [0.1, 0.15) is 23.7 Å². The molecule has 0 N–H and O–H groups in total. The molecule has 0 aliphatic heterocycles. The summed E-state index contributed by atoms with van der Waals surface area (Å²) in [6.07, 6.45) is 0.551. The molecule has 0 bridgehead atoms. The molecule has 0 atom stereocenters. The van der Waals surface area contributed by atoms with Gasteiger partial charge in [-0.05, 0) is 39.0 Å². The van der Waals surface area contributed by atoms with Crippen LogP contribution in [0, 0.1) is 0 Å². The molecular formula is C13H11BrOS. The van der Waals surface area contributed by atoms with Crippen molar-refractivity contribution in [3.8, 4) is 10.4 Å². The number of rotatable bonds is 3. The molecular weight excluding hydrogens is 284 g/mol. The van der Waals surface area contributed by atoms with Crippen molar-refractivity contribution >= 4 is 33.0 Å². The van der Waals surface area contributed by atoms with E-state index in [-0.39, 0.29) is 5.78 Å². The highest BCUT2D eigenvalue weighted by molar-refractivity contribution is 9.10. The van der Waals surface area contributed by atoms with Gasteiger partial charge in [0.25, 0.3) is 0 Å². The normalized spacial score (nSPS) is 10.4. The number of hydrogen-bond acceptors (Lipinski definition) is 2. The molecule has 1 nitrogen and oxygen atoms in total. The Balaban J connectivity index is 2.44. The first kappa shape index (κ1) is 11.6. The van der Waals surface area contributed by atoms with Gasteiger partial charge in [-0.3, -0.25) is 4.79 Å². The van der Waals surface area contributed by atoms with Crippen molar-refractivity contribution in [3.05, 3.63) is 45.7 Å². The molecule has 16 heavy (non-hydrogen) atoms.